The van der Waals surface area contributed by atoms with Gasteiger partial charge in [-0.1, -0.05) is 11.8 Å². The second kappa shape index (κ2) is 5.05. The number of alkyl halides is 1. The van der Waals surface area contributed by atoms with Crippen molar-refractivity contribution in [2.75, 3.05) is 12.5 Å². The predicted molar refractivity (Wildman–Crippen MR) is 63.1 cm³/mol. The Morgan fingerprint density at radius 2 is 2.31 bits per heavy atom. The highest BCUT2D eigenvalue weighted by Crippen LogP contribution is 2.25. The van der Waals surface area contributed by atoms with Crippen molar-refractivity contribution in [3.63, 3.8) is 0 Å². The minimum atomic E-state index is 0.140. The highest BCUT2D eigenvalue weighted by molar-refractivity contribution is 6.18. The molecule has 0 bridgehead atoms. The van der Waals surface area contributed by atoms with E-state index in [9.17, 15) is 4.79 Å². The molecule has 0 atom stereocenters. The Hall–Kier alpha value is -1.46. The molecule has 1 aliphatic rings. The Kier molecular flexibility index (Phi) is 3.48. The molecular formula is C13H11ClO2. The number of hydrogen-bond acceptors (Lipinski definition) is 2. The van der Waals surface area contributed by atoms with Crippen LogP contribution in [-0.2, 0) is 0 Å². The van der Waals surface area contributed by atoms with Gasteiger partial charge in [0.25, 0.3) is 0 Å². The first-order valence-corrected chi connectivity index (χ1v) is 5.69. The van der Waals surface area contributed by atoms with E-state index in [1.165, 1.54) is 0 Å². The number of ketones is 1. The van der Waals surface area contributed by atoms with E-state index in [-0.39, 0.29) is 5.78 Å². The highest BCUT2D eigenvalue weighted by atomic mass is 35.5. The Labute approximate surface area is 99.6 Å². The molecule has 1 heterocycles. The molecule has 0 amide bonds. The van der Waals surface area contributed by atoms with Gasteiger partial charge in [-0.25, -0.2) is 0 Å². The van der Waals surface area contributed by atoms with Crippen LogP contribution in [0.1, 0.15) is 28.8 Å². The molecule has 1 aliphatic heterocycles. The van der Waals surface area contributed by atoms with Crippen molar-refractivity contribution in [1.82, 2.24) is 0 Å². The maximum Gasteiger partial charge on any atom is 0.169 e. The number of benzene rings is 1. The van der Waals surface area contributed by atoms with Gasteiger partial charge in [0.2, 0.25) is 0 Å². The molecule has 0 radical (unpaired) electrons. The molecule has 1 aromatic carbocycles. The van der Waals surface area contributed by atoms with E-state index in [1.54, 1.807) is 6.07 Å². The molecule has 82 valence electrons. The van der Waals surface area contributed by atoms with Gasteiger partial charge in [-0.2, -0.15) is 0 Å². The van der Waals surface area contributed by atoms with E-state index >= 15 is 0 Å². The zero-order valence-electron chi connectivity index (χ0n) is 8.75. The number of Topliss-reactive ketones (excluding diaryl/α,β-unsaturated/α-hetero) is 1. The Bertz CT molecular complexity index is 469. The van der Waals surface area contributed by atoms with Gasteiger partial charge >= 0.3 is 0 Å². The number of rotatable bonds is 1. The zero-order chi connectivity index (χ0) is 11.4. The number of carbonyl (C=O) groups excluding carboxylic acids is 1. The van der Waals surface area contributed by atoms with Crippen LogP contribution in [-0.4, -0.2) is 18.3 Å². The molecule has 0 saturated carbocycles. The quantitative estimate of drug-likeness (QED) is 0.552. The fraction of sp³-hybridized carbons (Fsp3) is 0.308. The fourth-order valence-corrected chi connectivity index (χ4v) is 1.64. The molecule has 1 aromatic rings. The van der Waals surface area contributed by atoms with E-state index in [2.05, 4.69) is 11.8 Å². The van der Waals surface area contributed by atoms with Crippen molar-refractivity contribution in [2.45, 2.75) is 12.8 Å². The molecule has 0 N–H and O–H groups in total. The summed E-state index contributed by atoms with van der Waals surface area (Å²) in [6.45, 7) is 0.463. The Morgan fingerprint density at radius 1 is 1.44 bits per heavy atom. The van der Waals surface area contributed by atoms with Crippen molar-refractivity contribution in [1.29, 1.82) is 0 Å². The largest absolute Gasteiger partial charge is 0.492 e. The lowest BCUT2D eigenvalue weighted by Crippen LogP contribution is -2.15. The third-order valence-corrected chi connectivity index (χ3v) is 2.51. The van der Waals surface area contributed by atoms with Gasteiger partial charge in [0.1, 0.15) is 5.75 Å². The van der Waals surface area contributed by atoms with Crippen LogP contribution in [0.4, 0.5) is 0 Å². The van der Waals surface area contributed by atoms with Crippen molar-refractivity contribution >= 4 is 17.4 Å². The molecule has 0 fully saturated rings. The Morgan fingerprint density at radius 3 is 3.12 bits per heavy atom. The van der Waals surface area contributed by atoms with Gasteiger partial charge in [0.15, 0.2) is 5.78 Å². The van der Waals surface area contributed by atoms with Crippen LogP contribution in [0, 0.1) is 11.8 Å². The molecule has 0 spiro atoms. The lowest BCUT2D eigenvalue weighted by atomic mass is 10.0. The van der Waals surface area contributed by atoms with Crippen LogP contribution >= 0.6 is 11.6 Å². The van der Waals surface area contributed by atoms with Crippen LogP contribution < -0.4 is 4.74 Å². The molecule has 2 nitrogen and oxygen atoms in total. The van der Waals surface area contributed by atoms with Gasteiger partial charge < -0.3 is 4.74 Å². The van der Waals surface area contributed by atoms with Gasteiger partial charge in [-0.3, -0.25) is 4.79 Å². The maximum atomic E-state index is 11.5. The summed E-state index contributed by atoms with van der Waals surface area (Å²) < 4.78 is 5.43. The van der Waals surface area contributed by atoms with Crippen LogP contribution in [0.3, 0.4) is 0 Å². The zero-order valence-corrected chi connectivity index (χ0v) is 9.51. The molecule has 3 heteroatoms. The summed E-state index contributed by atoms with van der Waals surface area (Å²) in [5, 5.41) is 0. The second-order valence-corrected chi connectivity index (χ2v) is 3.85. The van der Waals surface area contributed by atoms with Gasteiger partial charge in [0.05, 0.1) is 12.2 Å². The topological polar surface area (TPSA) is 26.3 Å². The van der Waals surface area contributed by atoms with Gasteiger partial charge in [-0.05, 0) is 18.2 Å². The van der Waals surface area contributed by atoms with E-state index in [0.717, 1.165) is 5.56 Å². The number of carbonyl (C=O) groups is 1. The lowest BCUT2D eigenvalue weighted by molar-refractivity contribution is 0.0933. The summed E-state index contributed by atoms with van der Waals surface area (Å²) >= 11 is 5.53. The number of halogens is 1. The van der Waals surface area contributed by atoms with Crippen molar-refractivity contribution in [3.8, 4) is 17.6 Å². The maximum absolute atomic E-state index is 11.5. The van der Waals surface area contributed by atoms with Crippen molar-refractivity contribution < 1.29 is 9.53 Å². The standard InChI is InChI=1S/C13H11ClO2/c14-7-2-1-3-10-4-5-11-12(15)6-8-16-13(11)9-10/h4-5,9H,2,6-8H2. The monoisotopic (exact) mass is 234 g/mol. The minimum absolute atomic E-state index is 0.140. The Balaban J connectivity index is 2.26. The van der Waals surface area contributed by atoms with E-state index in [0.29, 0.717) is 36.6 Å². The van der Waals surface area contributed by atoms with Crippen LogP contribution in [0.25, 0.3) is 0 Å². The average molecular weight is 235 g/mol. The smallest absolute Gasteiger partial charge is 0.169 e. The summed E-state index contributed by atoms with van der Waals surface area (Å²) in [5.41, 5.74) is 1.52. The molecule has 0 aliphatic carbocycles. The predicted octanol–water partition coefficient (Wildman–Crippen LogP) is 2.63. The molecule has 2 rings (SSSR count). The third-order valence-electron chi connectivity index (χ3n) is 2.32. The first kappa shape index (κ1) is 11.0. The summed E-state index contributed by atoms with van der Waals surface area (Å²) in [6, 6.07) is 5.43. The first-order valence-electron chi connectivity index (χ1n) is 5.16. The average Bonchev–Trinajstić information content (AvgIpc) is 2.30. The third kappa shape index (κ3) is 2.37. The van der Waals surface area contributed by atoms with Crippen molar-refractivity contribution in [3.05, 3.63) is 29.3 Å². The summed E-state index contributed by atoms with van der Waals surface area (Å²) in [6.07, 6.45) is 1.13. The van der Waals surface area contributed by atoms with Crippen molar-refractivity contribution in [2.24, 2.45) is 0 Å². The van der Waals surface area contributed by atoms with Crippen LogP contribution in [0.15, 0.2) is 18.2 Å². The SMILES string of the molecule is O=C1CCOc2cc(C#CCCCl)ccc21. The molecule has 0 saturated heterocycles. The lowest BCUT2D eigenvalue weighted by Gasteiger charge is -2.15. The molecule has 0 unspecified atom stereocenters. The fourth-order valence-electron chi connectivity index (χ4n) is 1.55. The normalized spacial score (nSPS) is 13.4. The number of fused-ring (bicyclic) bond motifs is 1. The highest BCUT2D eigenvalue weighted by Gasteiger charge is 2.17. The molecular weight excluding hydrogens is 224 g/mol. The molecule has 16 heavy (non-hydrogen) atoms. The minimum Gasteiger partial charge on any atom is -0.492 e. The van der Waals surface area contributed by atoms with E-state index < -0.39 is 0 Å². The van der Waals surface area contributed by atoms with Crippen LogP contribution in [0.2, 0.25) is 0 Å². The van der Waals surface area contributed by atoms with Gasteiger partial charge in [-0.15, -0.1) is 11.6 Å². The number of ether oxygens (including phenoxy) is 1. The summed E-state index contributed by atoms with van der Waals surface area (Å²) in [5.74, 6) is 7.25. The van der Waals surface area contributed by atoms with Crippen LogP contribution in [0.5, 0.6) is 5.75 Å². The first-order chi connectivity index (χ1) is 7.81. The molecule has 0 aromatic heterocycles. The second-order valence-electron chi connectivity index (χ2n) is 3.47. The van der Waals surface area contributed by atoms with Gasteiger partial charge in [0, 0.05) is 24.3 Å². The summed E-state index contributed by atoms with van der Waals surface area (Å²) in [4.78, 5) is 11.5. The summed E-state index contributed by atoms with van der Waals surface area (Å²) in [7, 11) is 0. The van der Waals surface area contributed by atoms with E-state index in [4.69, 9.17) is 16.3 Å². The number of hydrogen-bond donors (Lipinski definition) is 0. The van der Waals surface area contributed by atoms with E-state index in [1.807, 2.05) is 12.1 Å².